The lowest BCUT2D eigenvalue weighted by Gasteiger charge is -2.40. The van der Waals surface area contributed by atoms with Crippen LogP contribution in [-0.4, -0.2) is 42.6 Å². The number of nitrogens with one attached hydrogen (secondary N) is 1. The zero-order valence-electron chi connectivity index (χ0n) is 18.1. The monoisotopic (exact) mass is 432 g/mol. The van der Waals surface area contributed by atoms with E-state index in [0.717, 1.165) is 45.2 Å². The van der Waals surface area contributed by atoms with E-state index in [1.54, 1.807) is 6.07 Å². The van der Waals surface area contributed by atoms with Crippen LogP contribution in [0.4, 0.5) is 0 Å². The topological polar surface area (TPSA) is 67.9 Å². The molecule has 166 valence electrons. The first-order valence-corrected chi connectivity index (χ1v) is 11.7. The van der Waals surface area contributed by atoms with Crippen molar-refractivity contribution in [3.8, 4) is 11.5 Å². The predicted octanol–water partition coefficient (Wildman–Crippen LogP) is 3.75. The summed E-state index contributed by atoms with van der Waals surface area (Å²) in [4.78, 5) is 27.6. The van der Waals surface area contributed by atoms with Crippen LogP contribution in [-0.2, 0) is 10.2 Å². The van der Waals surface area contributed by atoms with Crippen LogP contribution in [0.5, 0.6) is 11.5 Å². The molecule has 2 fully saturated rings. The molecule has 0 unspecified atom stereocenters. The Morgan fingerprint density at radius 3 is 2.62 bits per heavy atom. The van der Waals surface area contributed by atoms with E-state index >= 15 is 0 Å². The third-order valence-electron chi connectivity index (χ3n) is 7.61. The van der Waals surface area contributed by atoms with Gasteiger partial charge in [-0.05, 0) is 72.8 Å². The molecule has 1 spiro atoms. The standard InChI is InChI=1S/C26H28N2O4/c29-24(27-19-6-7-19)14-18-15-26(21-4-2-1-3-20(18)21)9-11-28(12-10-26)25(30)17-5-8-22-23(13-17)32-16-31-22/h1-5,8,13,18-19H,6-7,9-12,14-16H2,(H,27,29)/t18-/m1/s1. The molecule has 0 bridgehead atoms. The van der Waals surface area contributed by atoms with Crippen LogP contribution in [0.1, 0.15) is 65.9 Å². The van der Waals surface area contributed by atoms with Crippen LogP contribution in [0.2, 0.25) is 0 Å². The molecule has 2 aromatic carbocycles. The van der Waals surface area contributed by atoms with Gasteiger partial charge >= 0.3 is 0 Å². The number of ether oxygens (including phenoxy) is 2. The number of likely N-dealkylation sites (tertiary alicyclic amines) is 1. The molecule has 2 aliphatic carbocycles. The van der Waals surface area contributed by atoms with Crippen LogP contribution in [0.25, 0.3) is 0 Å². The van der Waals surface area contributed by atoms with E-state index in [1.165, 1.54) is 11.1 Å². The summed E-state index contributed by atoms with van der Waals surface area (Å²) < 4.78 is 10.8. The molecule has 1 atom stereocenters. The fraction of sp³-hybridized carbons (Fsp3) is 0.462. The number of amides is 2. The van der Waals surface area contributed by atoms with E-state index in [-0.39, 0.29) is 29.9 Å². The highest BCUT2D eigenvalue weighted by atomic mass is 16.7. The highest BCUT2D eigenvalue weighted by molar-refractivity contribution is 5.95. The van der Waals surface area contributed by atoms with Crippen molar-refractivity contribution in [3.05, 3.63) is 59.2 Å². The number of carbonyl (C=O) groups is 2. The zero-order chi connectivity index (χ0) is 21.7. The van der Waals surface area contributed by atoms with Gasteiger partial charge in [-0.15, -0.1) is 0 Å². The summed E-state index contributed by atoms with van der Waals surface area (Å²) in [5.41, 5.74) is 3.42. The van der Waals surface area contributed by atoms with Crippen molar-refractivity contribution in [3.63, 3.8) is 0 Å². The van der Waals surface area contributed by atoms with Crippen molar-refractivity contribution < 1.29 is 19.1 Å². The molecular formula is C26H28N2O4. The predicted molar refractivity (Wildman–Crippen MR) is 119 cm³/mol. The summed E-state index contributed by atoms with van der Waals surface area (Å²) in [5, 5.41) is 3.15. The fourth-order valence-corrected chi connectivity index (χ4v) is 5.77. The van der Waals surface area contributed by atoms with E-state index in [1.807, 2.05) is 17.0 Å². The van der Waals surface area contributed by atoms with Crippen molar-refractivity contribution in [1.82, 2.24) is 10.2 Å². The van der Waals surface area contributed by atoms with Gasteiger partial charge in [0, 0.05) is 31.1 Å². The Balaban J connectivity index is 1.16. The Hall–Kier alpha value is -3.02. The Labute approximate surface area is 187 Å². The largest absolute Gasteiger partial charge is 0.454 e. The lowest BCUT2D eigenvalue weighted by molar-refractivity contribution is -0.121. The highest BCUT2D eigenvalue weighted by Crippen LogP contribution is 2.52. The molecule has 0 radical (unpaired) electrons. The first-order chi connectivity index (χ1) is 15.6. The molecule has 1 N–H and O–H groups in total. The highest BCUT2D eigenvalue weighted by Gasteiger charge is 2.46. The molecule has 4 aliphatic rings. The number of rotatable bonds is 4. The molecule has 2 aliphatic heterocycles. The molecule has 1 saturated heterocycles. The van der Waals surface area contributed by atoms with Gasteiger partial charge in [0.1, 0.15) is 0 Å². The van der Waals surface area contributed by atoms with Crippen LogP contribution < -0.4 is 14.8 Å². The molecule has 6 nitrogen and oxygen atoms in total. The average Bonchev–Trinajstić information content (AvgIpc) is 3.41. The smallest absolute Gasteiger partial charge is 0.253 e. The second-order valence-electron chi connectivity index (χ2n) is 9.67. The molecular weight excluding hydrogens is 404 g/mol. The van der Waals surface area contributed by atoms with E-state index in [9.17, 15) is 9.59 Å². The minimum atomic E-state index is 0.0461. The van der Waals surface area contributed by atoms with Crippen molar-refractivity contribution >= 4 is 11.8 Å². The van der Waals surface area contributed by atoms with Gasteiger partial charge < -0.3 is 19.7 Å². The first-order valence-electron chi connectivity index (χ1n) is 11.7. The third-order valence-corrected chi connectivity index (χ3v) is 7.61. The summed E-state index contributed by atoms with van der Waals surface area (Å²) in [6.45, 7) is 1.66. The lowest BCUT2D eigenvalue weighted by atomic mass is 9.73. The summed E-state index contributed by atoms with van der Waals surface area (Å²) >= 11 is 0. The van der Waals surface area contributed by atoms with Crippen LogP contribution in [0.15, 0.2) is 42.5 Å². The van der Waals surface area contributed by atoms with Crippen LogP contribution in [0.3, 0.4) is 0 Å². The summed E-state index contributed by atoms with van der Waals surface area (Å²) in [5.74, 6) is 1.82. The Bertz CT molecular complexity index is 1070. The fourth-order valence-electron chi connectivity index (χ4n) is 5.77. The van der Waals surface area contributed by atoms with Crippen molar-refractivity contribution in [2.24, 2.45) is 0 Å². The second-order valence-corrected chi connectivity index (χ2v) is 9.67. The molecule has 1 saturated carbocycles. The molecule has 6 heteroatoms. The number of nitrogens with zero attached hydrogens (tertiary/aromatic N) is 1. The molecule has 2 aromatic rings. The van der Waals surface area contributed by atoms with Gasteiger partial charge in [0.25, 0.3) is 5.91 Å². The van der Waals surface area contributed by atoms with Crippen LogP contribution >= 0.6 is 0 Å². The number of hydrogen-bond donors (Lipinski definition) is 1. The van der Waals surface area contributed by atoms with Gasteiger partial charge in [-0.3, -0.25) is 9.59 Å². The Kier molecular flexibility index (Phi) is 4.63. The third kappa shape index (κ3) is 3.42. The number of carbonyl (C=O) groups excluding carboxylic acids is 2. The average molecular weight is 433 g/mol. The molecule has 6 rings (SSSR count). The zero-order valence-corrected chi connectivity index (χ0v) is 18.1. The minimum Gasteiger partial charge on any atom is -0.454 e. The van der Waals surface area contributed by atoms with E-state index in [2.05, 4.69) is 29.6 Å². The maximum absolute atomic E-state index is 13.1. The van der Waals surface area contributed by atoms with Crippen molar-refractivity contribution in [1.29, 1.82) is 0 Å². The summed E-state index contributed by atoms with van der Waals surface area (Å²) in [6.07, 6.45) is 5.65. The molecule has 0 aromatic heterocycles. The summed E-state index contributed by atoms with van der Waals surface area (Å²) in [6, 6.07) is 14.4. The Morgan fingerprint density at radius 2 is 1.81 bits per heavy atom. The van der Waals surface area contributed by atoms with Gasteiger partial charge in [-0.2, -0.15) is 0 Å². The maximum Gasteiger partial charge on any atom is 0.253 e. The van der Waals surface area contributed by atoms with Crippen molar-refractivity contribution in [2.45, 2.75) is 55.9 Å². The number of piperidine rings is 1. The van der Waals surface area contributed by atoms with Gasteiger partial charge in [0.2, 0.25) is 12.7 Å². The normalized spacial score (nSPS) is 22.6. The van der Waals surface area contributed by atoms with E-state index in [4.69, 9.17) is 9.47 Å². The van der Waals surface area contributed by atoms with Gasteiger partial charge in [0.15, 0.2) is 11.5 Å². The van der Waals surface area contributed by atoms with Gasteiger partial charge in [-0.1, -0.05) is 24.3 Å². The number of benzene rings is 2. The lowest BCUT2D eigenvalue weighted by Crippen LogP contribution is -2.44. The summed E-state index contributed by atoms with van der Waals surface area (Å²) in [7, 11) is 0. The van der Waals surface area contributed by atoms with E-state index in [0.29, 0.717) is 29.5 Å². The van der Waals surface area contributed by atoms with Gasteiger partial charge in [0.05, 0.1) is 0 Å². The van der Waals surface area contributed by atoms with Gasteiger partial charge in [-0.25, -0.2) is 0 Å². The number of fused-ring (bicyclic) bond motifs is 3. The van der Waals surface area contributed by atoms with Crippen molar-refractivity contribution in [2.75, 3.05) is 19.9 Å². The van der Waals surface area contributed by atoms with Crippen LogP contribution in [0, 0.1) is 0 Å². The minimum absolute atomic E-state index is 0.0461. The Morgan fingerprint density at radius 1 is 1.03 bits per heavy atom. The SMILES string of the molecule is O=C(C[C@@H]1CC2(CCN(C(=O)c3ccc4c(c3)OCO4)CC2)c2ccccc21)NC1CC1. The molecule has 2 heterocycles. The quantitative estimate of drug-likeness (QED) is 0.799. The molecule has 2 amide bonds. The van der Waals surface area contributed by atoms with E-state index < -0.39 is 0 Å². The maximum atomic E-state index is 13.1. The second kappa shape index (κ2) is 7.54. The first kappa shape index (κ1) is 19.6. The number of hydrogen-bond acceptors (Lipinski definition) is 4. The molecule has 32 heavy (non-hydrogen) atoms.